The average molecular weight is 291 g/mol. The molecule has 1 aromatic rings. The van der Waals surface area contributed by atoms with Gasteiger partial charge in [0.2, 0.25) is 5.91 Å². The van der Waals surface area contributed by atoms with Crippen LogP contribution in [0.3, 0.4) is 0 Å². The van der Waals surface area contributed by atoms with Gasteiger partial charge in [-0.1, -0.05) is 27.5 Å². The fourth-order valence-electron chi connectivity index (χ4n) is 1.58. The summed E-state index contributed by atoms with van der Waals surface area (Å²) in [6, 6.07) is 0. The van der Waals surface area contributed by atoms with Crippen molar-refractivity contribution in [3.63, 3.8) is 0 Å². The van der Waals surface area contributed by atoms with E-state index in [2.05, 4.69) is 25.9 Å². The van der Waals surface area contributed by atoms with Crippen LogP contribution in [0.2, 0.25) is 5.15 Å². The number of carbonyl (C=O) groups is 1. The second-order valence-electron chi connectivity index (χ2n) is 3.40. The lowest BCUT2D eigenvalue weighted by molar-refractivity contribution is -0.117. The van der Waals surface area contributed by atoms with Crippen LogP contribution in [0.5, 0.6) is 0 Å². The van der Waals surface area contributed by atoms with Crippen molar-refractivity contribution in [2.75, 3.05) is 16.8 Å². The van der Waals surface area contributed by atoms with Crippen LogP contribution in [0.4, 0.5) is 5.82 Å². The Labute approximate surface area is 101 Å². The van der Waals surface area contributed by atoms with Gasteiger partial charge in [-0.15, -0.1) is 0 Å². The van der Waals surface area contributed by atoms with Crippen molar-refractivity contribution < 1.29 is 4.79 Å². The number of hydrogen-bond donors (Lipinski definition) is 0. The Bertz CT molecular complexity index is 387. The van der Waals surface area contributed by atoms with Crippen LogP contribution in [0.1, 0.15) is 6.42 Å². The summed E-state index contributed by atoms with van der Waals surface area (Å²) in [7, 11) is 0. The molecule has 0 radical (unpaired) electrons. The quantitative estimate of drug-likeness (QED) is 0.781. The van der Waals surface area contributed by atoms with Crippen LogP contribution in [0.15, 0.2) is 12.4 Å². The second kappa shape index (κ2) is 4.45. The van der Waals surface area contributed by atoms with E-state index in [0.29, 0.717) is 24.7 Å². The standard InChI is InChI=1S/C9H9BrClN3O/c10-4-6-3-7(15)14(5-6)9-8(11)12-1-2-13-9/h1-2,6H,3-5H2. The highest BCUT2D eigenvalue weighted by Crippen LogP contribution is 2.28. The predicted molar refractivity (Wildman–Crippen MR) is 61.3 cm³/mol. The Morgan fingerprint density at radius 3 is 2.87 bits per heavy atom. The van der Waals surface area contributed by atoms with E-state index in [1.807, 2.05) is 0 Å². The summed E-state index contributed by atoms with van der Waals surface area (Å²) in [6.45, 7) is 0.655. The van der Waals surface area contributed by atoms with E-state index in [9.17, 15) is 4.79 Å². The summed E-state index contributed by atoms with van der Waals surface area (Å²) in [5, 5.41) is 1.09. The zero-order chi connectivity index (χ0) is 10.8. The molecule has 2 rings (SSSR count). The summed E-state index contributed by atoms with van der Waals surface area (Å²) in [6.07, 6.45) is 3.59. The Balaban J connectivity index is 2.25. The molecule has 0 saturated carbocycles. The topological polar surface area (TPSA) is 46.1 Å². The normalized spacial score (nSPS) is 21.1. The van der Waals surface area contributed by atoms with Gasteiger partial charge < -0.3 is 0 Å². The predicted octanol–water partition coefficient (Wildman–Crippen LogP) is 1.88. The molecule has 1 atom stereocenters. The SMILES string of the molecule is O=C1CC(CBr)CN1c1nccnc1Cl. The molecule has 0 aliphatic carbocycles. The summed E-state index contributed by atoms with van der Waals surface area (Å²) in [5.41, 5.74) is 0. The number of alkyl halides is 1. The first-order valence-electron chi connectivity index (χ1n) is 4.55. The Hall–Kier alpha value is -0.680. The van der Waals surface area contributed by atoms with Gasteiger partial charge in [0.15, 0.2) is 11.0 Å². The first kappa shape index (κ1) is 10.8. The fourth-order valence-corrected chi connectivity index (χ4v) is 2.23. The molecule has 1 unspecified atom stereocenters. The van der Waals surface area contributed by atoms with E-state index in [1.54, 1.807) is 4.90 Å². The summed E-state index contributed by atoms with van der Waals surface area (Å²) >= 11 is 9.26. The van der Waals surface area contributed by atoms with Crippen molar-refractivity contribution in [1.82, 2.24) is 9.97 Å². The van der Waals surface area contributed by atoms with Gasteiger partial charge in [-0.3, -0.25) is 9.69 Å². The molecule has 1 aliphatic rings. The smallest absolute Gasteiger partial charge is 0.228 e. The molecular weight excluding hydrogens is 281 g/mol. The molecule has 1 aromatic heterocycles. The zero-order valence-electron chi connectivity index (χ0n) is 7.86. The maximum Gasteiger partial charge on any atom is 0.228 e. The lowest BCUT2D eigenvalue weighted by Gasteiger charge is -2.15. The third-order valence-corrected chi connectivity index (χ3v) is 3.50. The molecular formula is C9H9BrClN3O. The maximum atomic E-state index is 11.7. The summed E-state index contributed by atoms with van der Waals surface area (Å²) in [4.78, 5) is 21.3. The number of carbonyl (C=O) groups excluding carboxylic acids is 1. The number of hydrogen-bond acceptors (Lipinski definition) is 3. The first-order valence-corrected chi connectivity index (χ1v) is 6.05. The number of rotatable bonds is 2. The molecule has 4 nitrogen and oxygen atoms in total. The largest absolute Gasteiger partial charge is 0.294 e. The van der Waals surface area contributed by atoms with Gasteiger partial charge in [-0.25, -0.2) is 9.97 Å². The van der Waals surface area contributed by atoms with E-state index in [0.717, 1.165) is 5.33 Å². The minimum absolute atomic E-state index is 0.0573. The zero-order valence-corrected chi connectivity index (χ0v) is 10.2. The lowest BCUT2D eigenvalue weighted by Crippen LogP contribution is -2.26. The van der Waals surface area contributed by atoms with Gasteiger partial charge in [0.1, 0.15) is 0 Å². The molecule has 1 amide bonds. The third kappa shape index (κ3) is 2.13. The van der Waals surface area contributed by atoms with Crippen LogP contribution in [0, 0.1) is 5.92 Å². The van der Waals surface area contributed by atoms with Gasteiger partial charge in [0, 0.05) is 30.7 Å². The number of aromatic nitrogens is 2. The Morgan fingerprint density at radius 1 is 1.53 bits per heavy atom. The molecule has 0 aromatic carbocycles. The minimum Gasteiger partial charge on any atom is -0.294 e. The number of halogens is 2. The third-order valence-electron chi connectivity index (χ3n) is 2.31. The number of anilines is 1. The summed E-state index contributed by atoms with van der Waals surface area (Å²) in [5.74, 6) is 0.852. The average Bonchev–Trinajstić information content (AvgIpc) is 2.60. The molecule has 1 saturated heterocycles. The molecule has 1 aliphatic heterocycles. The molecule has 0 N–H and O–H groups in total. The molecule has 0 bridgehead atoms. The van der Waals surface area contributed by atoms with Crippen LogP contribution in [-0.2, 0) is 4.79 Å². The lowest BCUT2D eigenvalue weighted by atomic mass is 10.2. The van der Waals surface area contributed by atoms with E-state index in [1.165, 1.54) is 12.4 Å². The van der Waals surface area contributed by atoms with Crippen molar-refractivity contribution in [2.45, 2.75) is 6.42 Å². The van der Waals surface area contributed by atoms with E-state index < -0.39 is 0 Å². The van der Waals surface area contributed by atoms with Crippen molar-refractivity contribution in [2.24, 2.45) is 5.92 Å². The van der Waals surface area contributed by atoms with E-state index in [4.69, 9.17) is 11.6 Å². The van der Waals surface area contributed by atoms with Crippen LogP contribution >= 0.6 is 27.5 Å². The van der Waals surface area contributed by atoms with Gasteiger partial charge in [-0.05, 0) is 5.92 Å². The highest BCUT2D eigenvalue weighted by molar-refractivity contribution is 9.09. The first-order chi connectivity index (χ1) is 7.22. The number of amides is 1. The highest BCUT2D eigenvalue weighted by Gasteiger charge is 2.31. The molecule has 2 heterocycles. The molecule has 80 valence electrons. The highest BCUT2D eigenvalue weighted by atomic mass is 79.9. The van der Waals surface area contributed by atoms with Crippen molar-refractivity contribution >= 4 is 39.3 Å². The second-order valence-corrected chi connectivity index (χ2v) is 4.41. The van der Waals surface area contributed by atoms with Crippen LogP contribution in [-0.4, -0.2) is 27.7 Å². The summed E-state index contributed by atoms with van der Waals surface area (Å²) < 4.78 is 0. The van der Waals surface area contributed by atoms with E-state index >= 15 is 0 Å². The Kier molecular flexibility index (Phi) is 3.21. The molecule has 15 heavy (non-hydrogen) atoms. The minimum atomic E-state index is 0.0573. The van der Waals surface area contributed by atoms with Crippen molar-refractivity contribution in [3.8, 4) is 0 Å². The molecule has 1 fully saturated rings. The maximum absolute atomic E-state index is 11.7. The molecule has 0 spiro atoms. The van der Waals surface area contributed by atoms with Crippen LogP contribution < -0.4 is 4.90 Å². The van der Waals surface area contributed by atoms with Gasteiger partial charge >= 0.3 is 0 Å². The fraction of sp³-hybridized carbons (Fsp3) is 0.444. The van der Waals surface area contributed by atoms with E-state index in [-0.39, 0.29) is 11.1 Å². The number of nitrogens with zero attached hydrogens (tertiary/aromatic N) is 3. The van der Waals surface area contributed by atoms with Crippen molar-refractivity contribution in [3.05, 3.63) is 17.5 Å². The van der Waals surface area contributed by atoms with Gasteiger partial charge in [0.25, 0.3) is 0 Å². The van der Waals surface area contributed by atoms with Crippen LogP contribution in [0.25, 0.3) is 0 Å². The monoisotopic (exact) mass is 289 g/mol. The van der Waals surface area contributed by atoms with Crippen molar-refractivity contribution in [1.29, 1.82) is 0 Å². The van der Waals surface area contributed by atoms with Gasteiger partial charge in [0.05, 0.1) is 0 Å². The van der Waals surface area contributed by atoms with Gasteiger partial charge in [-0.2, -0.15) is 0 Å². The molecule has 6 heteroatoms. The Morgan fingerprint density at radius 2 is 2.27 bits per heavy atom.